The lowest BCUT2D eigenvalue weighted by Crippen LogP contribution is -2.16. The number of imidazole rings is 2. The van der Waals surface area contributed by atoms with Gasteiger partial charge in [-0.15, -0.1) is 0 Å². The third kappa shape index (κ3) is 5.28. The zero-order valence-corrected chi connectivity index (χ0v) is 17.8. The second-order valence-electron chi connectivity index (χ2n) is 6.30. The summed E-state index contributed by atoms with van der Waals surface area (Å²) in [5.41, 5.74) is 4.09. The average Bonchev–Trinajstić information content (AvgIpc) is 3.30. The van der Waals surface area contributed by atoms with Gasteiger partial charge in [0.25, 0.3) is 0 Å². The Bertz CT molecular complexity index is 1070. The minimum Gasteiger partial charge on any atom is -0.373 e. The Labute approximate surface area is 170 Å². The zero-order chi connectivity index (χ0) is 21.4. The molecule has 9 heteroatoms. The molecule has 0 saturated heterocycles. The van der Waals surface area contributed by atoms with Crippen LogP contribution in [0.4, 0.5) is 11.6 Å². The van der Waals surface area contributed by atoms with E-state index in [2.05, 4.69) is 43.1 Å². The van der Waals surface area contributed by atoms with Crippen LogP contribution in [-0.4, -0.2) is 56.0 Å². The lowest BCUT2D eigenvalue weighted by atomic mass is 10.3. The van der Waals surface area contributed by atoms with Crippen molar-refractivity contribution in [2.45, 2.75) is 13.8 Å². The number of hydrogen-bond donors (Lipinski definition) is 1. The lowest BCUT2D eigenvalue weighted by molar-refractivity contribution is -0.106. The topological polar surface area (TPSA) is 93.8 Å². The number of aryl methyl sites for hydroxylation is 2. The van der Waals surface area contributed by atoms with Gasteiger partial charge in [0.15, 0.2) is 0 Å². The van der Waals surface area contributed by atoms with Gasteiger partial charge in [0, 0.05) is 46.9 Å². The molecule has 4 aromatic heterocycles. The van der Waals surface area contributed by atoms with E-state index in [0.29, 0.717) is 0 Å². The molecule has 29 heavy (non-hydrogen) atoms. The predicted molar refractivity (Wildman–Crippen MR) is 117 cm³/mol. The average molecular weight is 396 g/mol. The summed E-state index contributed by atoms with van der Waals surface area (Å²) in [5, 5.41) is 2.98. The fourth-order valence-corrected chi connectivity index (χ4v) is 2.56. The molecule has 0 unspecified atom stereocenters. The molecular weight excluding hydrogens is 368 g/mol. The molecule has 0 aliphatic carbocycles. The van der Waals surface area contributed by atoms with Crippen molar-refractivity contribution in [1.82, 2.24) is 29.1 Å². The summed E-state index contributed by atoms with van der Waals surface area (Å²) in [7, 11) is 7.84. The van der Waals surface area contributed by atoms with Crippen LogP contribution in [0.25, 0.3) is 22.1 Å². The molecule has 9 nitrogen and oxygen atoms in total. The van der Waals surface area contributed by atoms with E-state index >= 15 is 0 Å². The van der Waals surface area contributed by atoms with E-state index in [1.165, 1.54) is 6.92 Å². The number of nitrogens with zero attached hydrogens (tertiary/aromatic N) is 7. The van der Waals surface area contributed by atoms with Crippen LogP contribution < -0.4 is 10.2 Å². The third-order valence-electron chi connectivity index (χ3n) is 4.33. The van der Waals surface area contributed by atoms with E-state index in [0.717, 1.165) is 46.5 Å². The maximum absolute atomic E-state index is 8.81. The van der Waals surface area contributed by atoms with E-state index in [-0.39, 0.29) is 0 Å². The minimum absolute atomic E-state index is 0.750. The first kappa shape index (κ1) is 21.8. The van der Waals surface area contributed by atoms with Gasteiger partial charge in [0.1, 0.15) is 29.0 Å². The SMILES string of the molecule is CC=O.CCN(C)c1cc2c(cn1)ncn2C.CNc1cc2c(cn1)ncn2C. The van der Waals surface area contributed by atoms with E-state index in [1.807, 2.05) is 55.9 Å². The number of aromatic nitrogens is 6. The van der Waals surface area contributed by atoms with Crippen LogP contribution in [0, 0.1) is 0 Å². The van der Waals surface area contributed by atoms with Crippen molar-refractivity contribution in [2.75, 3.05) is 30.9 Å². The molecule has 0 bridgehead atoms. The van der Waals surface area contributed by atoms with Gasteiger partial charge in [-0.25, -0.2) is 19.9 Å². The number of fused-ring (bicyclic) bond motifs is 2. The van der Waals surface area contributed by atoms with Crippen molar-refractivity contribution in [2.24, 2.45) is 14.1 Å². The summed E-state index contributed by atoms with van der Waals surface area (Å²) in [6.45, 7) is 4.51. The van der Waals surface area contributed by atoms with E-state index < -0.39 is 0 Å². The molecule has 0 aliphatic rings. The number of carbonyl (C=O) groups is 1. The molecular formula is C20H28N8O. The second kappa shape index (κ2) is 10.2. The van der Waals surface area contributed by atoms with Gasteiger partial charge < -0.3 is 24.1 Å². The maximum atomic E-state index is 8.81. The normalized spacial score (nSPS) is 10.0. The Morgan fingerprint density at radius 1 is 1.00 bits per heavy atom. The first-order valence-corrected chi connectivity index (χ1v) is 9.27. The highest BCUT2D eigenvalue weighted by Gasteiger charge is 2.04. The first-order chi connectivity index (χ1) is 13.9. The van der Waals surface area contributed by atoms with Crippen LogP contribution in [0.3, 0.4) is 0 Å². The number of rotatable bonds is 3. The number of anilines is 2. The van der Waals surface area contributed by atoms with Crippen LogP contribution in [0.5, 0.6) is 0 Å². The molecule has 0 saturated carbocycles. The highest BCUT2D eigenvalue weighted by Crippen LogP contribution is 2.16. The van der Waals surface area contributed by atoms with Crippen molar-refractivity contribution in [3.63, 3.8) is 0 Å². The molecule has 4 rings (SSSR count). The van der Waals surface area contributed by atoms with Gasteiger partial charge in [-0.3, -0.25) is 0 Å². The second-order valence-corrected chi connectivity index (χ2v) is 6.30. The van der Waals surface area contributed by atoms with Gasteiger partial charge in [-0.05, 0) is 13.8 Å². The lowest BCUT2D eigenvalue weighted by Gasteiger charge is -2.14. The molecule has 0 aliphatic heterocycles. The van der Waals surface area contributed by atoms with Gasteiger partial charge >= 0.3 is 0 Å². The molecule has 0 amide bonds. The summed E-state index contributed by atoms with van der Waals surface area (Å²) in [4.78, 5) is 27.8. The van der Waals surface area contributed by atoms with Crippen LogP contribution in [0.2, 0.25) is 0 Å². The van der Waals surface area contributed by atoms with Gasteiger partial charge in [-0.2, -0.15) is 0 Å². The Morgan fingerprint density at radius 2 is 1.52 bits per heavy atom. The van der Waals surface area contributed by atoms with Crippen LogP contribution in [0.15, 0.2) is 37.2 Å². The van der Waals surface area contributed by atoms with Crippen LogP contribution in [0.1, 0.15) is 13.8 Å². The Kier molecular flexibility index (Phi) is 7.64. The summed E-state index contributed by atoms with van der Waals surface area (Å²) in [6, 6.07) is 4.04. The molecule has 0 atom stereocenters. The Balaban J connectivity index is 0.000000184. The summed E-state index contributed by atoms with van der Waals surface area (Å²) >= 11 is 0. The monoisotopic (exact) mass is 396 g/mol. The summed E-state index contributed by atoms with van der Waals surface area (Å²) < 4.78 is 3.97. The highest BCUT2D eigenvalue weighted by molar-refractivity contribution is 5.77. The molecule has 0 spiro atoms. The van der Waals surface area contributed by atoms with Gasteiger partial charge in [0.05, 0.1) is 36.1 Å². The number of pyridine rings is 2. The largest absolute Gasteiger partial charge is 0.373 e. The molecule has 4 heterocycles. The molecule has 0 fully saturated rings. The van der Waals surface area contributed by atoms with Crippen LogP contribution >= 0.6 is 0 Å². The number of nitrogens with one attached hydrogen (secondary N) is 1. The Morgan fingerprint density at radius 3 is 2.03 bits per heavy atom. The minimum atomic E-state index is 0.750. The Hall–Kier alpha value is -3.49. The van der Waals surface area contributed by atoms with Crippen molar-refractivity contribution in [3.8, 4) is 0 Å². The van der Waals surface area contributed by atoms with Crippen molar-refractivity contribution in [3.05, 3.63) is 37.2 Å². The quantitative estimate of drug-likeness (QED) is 0.532. The number of carbonyl (C=O) groups excluding carboxylic acids is 1. The standard InChI is InChI=1S/C10H14N4.C8H10N4.C2H4O/c1-4-13(2)10-5-9-8(6-11-10)12-7-14(9)3;1-9-8-3-7-6(4-10-8)11-5-12(7)2;1-2-3/h5-7H,4H2,1-3H3;3-5H,1-2H3,(H,9,10);2H,1H3. The third-order valence-corrected chi connectivity index (χ3v) is 4.33. The molecule has 0 radical (unpaired) electrons. The number of hydrogen-bond acceptors (Lipinski definition) is 7. The summed E-state index contributed by atoms with van der Waals surface area (Å²) in [5.74, 6) is 1.86. The van der Waals surface area contributed by atoms with E-state index in [4.69, 9.17) is 4.79 Å². The zero-order valence-electron chi connectivity index (χ0n) is 17.8. The van der Waals surface area contributed by atoms with Crippen LogP contribution in [-0.2, 0) is 18.9 Å². The van der Waals surface area contributed by atoms with Gasteiger partial charge in [-0.1, -0.05) is 0 Å². The van der Waals surface area contributed by atoms with E-state index in [1.54, 1.807) is 12.5 Å². The smallest absolute Gasteiger partial charge is 0.130 e. The highest BCUT2D eigenvalue weighted by atomic mass is 16.1. The predicted octanol–water partition coefficient (Wildman–Crippen LogP) is 2.64. The van der Waals surface area contributed by atoms with Crippen molar-refractivity contribution in [1.29, 1.82) is 0 Å². The van der Waals surface area contributed by atoms with E-state index in [9.17, 15) is 0 Å². The number of aldehydes is 1. The molecule has 154 valence electrons. The van der Waals surface area contributed by atoms with Crippen molar-refractivity contribution < 1.29 is 4.79 Å². The maximum Gasteiger partial charge on any atom is 0.130 e. The fraction of sp³-hybridized carbons (Fsp3) is 0.350. The first-order valence-electron chi connectivity index (χ1n) is 9.27. The molecule has 1 N–H and O–H groups in total. The fourth-order valence-electron chi connectivity index (χ4n) is 2.56. The summed E-state index contributed by atoms with van der Waals surface area (Å²) in [6.07, 6.45) is 7.92. The molecule has 0 aromatic carbocycles. The molecule has 4 aromatic rings. The van der Waals surface area contributed by atoms with Crippen molar-refractivity contribution >= 4 is 40.0 Å². The van der Waals surface area contributed by atoms with Gasteiger partial charge in [0.2, 0.25) is 0 Å².